The predicted molar refractivity (Wildman–Crippen MR) is 60.7 cm³/mol. The number of aliphatic carboxylic acids is 1. The summed E-state index contributed by atoms with van der Waals surface area (Å²) in [7, 11) is 0. The van der Waals surface area contributed by atoms with Crippen LogP contribution in [0.3, 0.4) is 0 Å². The molecule has 0 aliphatic rings. The summed E-state index contributed by atoms with van der Waals surface area (Å²) < 4.78 is 0. The van der Waals surface area contributed by atoms with E-state index >= 15 is 0 Å². The van der Waals surface area contributed by atoms with Gasteiger partial charge in [0.1, 0.15) is 6.04 Å². The van der Waals surface area contributed by atoms with Crippen molar-refractivity contribution in [1.29, 1.82) is 0 Å². The Morgan fingerprint density at radius 3 is 2.50 bits per heavy atom. The standard InChI is InChI=1S/C12H13NO3/c13-11(12(15)16)8-10(14)7-6-9-4-2-1-3-5-9/h1-7,11H,8,13H2,(H,15,16)/t11-/m1/s1. The number of hydrogen-bond acceptors (Lipinski definition) is 3. The highest BCUT2D eigenvalue weighted by Crippen LogP contribution is 2.02. The van der Waals surface area contributed by atoms with Gasteiger partial charge in [-0.15, -0.1) is 0 Å². The van der Waals surface area contributed by atoms with Crippen LogP contribution >= 0.6 is 0 Å². The van der Waals surface area contributed by atoms with Gasteiger partial charge in [0, 0.05) is 6.42 Å². The molecule has 0 amide bonds. The van der Waals surface area contributed by atoms with E-state index in [0.29, 0.717) is 0 Å². The molecule has 3 N–H and O–H groups in total. The van der Waals surface area contributed by atoms with Gasteiger partial charge in [-0.25, -0.2) is 0 Å². The zero-order valence-electron chi connectivity index (χ0n) is 8.67. The third kappa shape index (κ3) is 4.06. The van der Waals surface area contributed by atoms with Gasteiger partial charge in [0.15, 0.2) is 5.78 Å². The Hall–Kier alpha value is -1.94. The van der Waals surface area contributed by atoms with Gasteiger partial charge >= 0.3 is 5.97 Å². The van der Waals surface area contributed by atoms with Crippen molar-refractivity contribution in [2.45, 2.75) is 12.5 Å². The summed E-state index contributed by atoms with van der Waals surface area (Å²) in [5, 5.41) is 8.51. The average Bonchev–Trinajstić information content (AvgIpc) is 2.27. The van der Waals surface area contributed by atoms with Crippen molar-refractivity contribution in [1.82, 2.24) is 0 Å². The summed E-state index contributed by atoms with van der Waals surface area (Å²) >= 11 is 0. The van der Waals surface area contributed by atoms with Crippen LogP contribution in [-0.2, 0) is 9.59 Å². The van der Waals surface area contributed by atoms with E-state index in [9.17, 15) is 9.59 Å². The van der Waals surface area contributed by atoms with Crippen LogP contribution in [0.5, 0.6) is 0 Å². The zero-order valence-corrected chi connectivity index (χ0v) is 8.67. The number of nitrogens with two attached hydrogens (primary N) is 1. The van der Waals surface area contributed by atoms with E-state index in [-0.39, 0.29) is 12.2 Å². The van der Waals surface area contributed by atoms with Crippen molar-refractivity contribution in [3.05, 3.63) is 42.0 Å². The minimum atomic E-state index is -1.17. The van der Waals surface area contributed by atoms with Crippen molar-refractivity contribution in [2.75, 3.05) is 0 Å². The molecule has 4 nitrogen and oxygen atoms in total. The highest BCUT2D eigenvalue weighted by molar-refractivity contribution is 5.96. The molecule has 16 heavy (non-hydrogen) atoms. The number of benzene rings is 1. The smallest absolute Gasteiger partial charge is 0.320 e. The molecule has 0 saturated carbocycles. The monoisotopic (exact) mass is 219 g/mol. The lowest BCUT2D eigenvalue weighted by molar-refractivity contribution is -0.139. The molecule has 0 aliphatic heterocycles. The molecule has 4 heteroatoms. The van der Waals surface area contributed by atoms with Gasteiger partial charge in [-0.2, -0.15) is 0 Å². The van der Waals surface area contributed by atoms with Crippen LogP contribution in [0.15, 0.2) is 36.4 Å². The van der Waals surface area contributed by atoms with Crippen LogP contribution < -0.4 is 5.73 Å². The lowest BCUT2D eigenvalue weighted by Gasteiger charge is -2.01. The van der Waals surface area contributed by atoms with Crippen LogP contribution in [0.2, 0.25) is 0 Å². The Morgan fingerprint density at radius 2 is 1.94 bits per heavy atom. The number of carbonyl (C=O) groups is 2. The Labute approximate surface area is 93.4 Å². The molecule has 0 fully saturated rings. The summed E-state index contributed by atoms with van der Waals surface area (Å²) in [4.78, 5) is 21.7. The zero-order chi connectivity index (χ0) is 12.0. The summed E-state index contributed by atoms with van der Waals surface area (Å²) in [6.45, 7) is 0. The third-order valence-corrected chi connectivity index (χ3v) is 2.00. The number of allylic oxidation sites excluding steroid dienone is 1. The van der Waals surface area contributed by atoms with E-state index in [1.807, 2.05) is 30.3 Å². The highest BCUT2D eigenvalue weighted by Gasteiger charge is 2.14. The third-order valence-electron chi connectivity index (χ3n) is 2.00. The molecular weight excluding hydrogens is 206 g/mol. The fourth-order valence-corrected chi connectivity index (χ4v) is 1.13. The molecule has 0 aliphatic carbocycles. The lowest BCUT2D eigenvalue weighted by atomic mass is 10.1. The number of carboxylic acid groups (broad SMARTS) is 1. The van der Waals surface area contributed by atoms with E-state index in [2.05, 4.69) is 0 Å². The maximum absolute atomic E-state index is 11.3. The summed E-state index contributed by atoms with van der Waals surface area (Å²) in [5.74, 6) is -1.46. The van der Waals surface area contributed by atoms with Crippen molar-refractivity contribution in [3.63, 3.8) is 0 Å². The molecule has 0 spiro atoms. The molecule has 0 heterocycles. The van der Waals surface area contributed by atoms with E-state index in [4.69, 9.17) is 10.8 Å². The molecule has 0 aromatic heterocycles. The summed E-state index contributed by atoms with van der Waals surface area (Å²) in [6.07, 6.45) is 2.80. The minimum Gasteiger partial charge on any atom is -0.480 e. The lowest BCUT2D eigenvalue weighted by Crippen LogP contribution is -2.32. The van der Waals surface area contributed by atoms with E-state index in [1.165, 1.54) is 6.08 Å². The minimum absolute atomic E-state index is 0.182. The maximum Gasteiger partial charge on any atom is 0.320 e. The van der Waals surface area contributed by atoms with Crippen molar-refractivity contribution in [2.24, 2.45) is 5.73 Å². The molecule has 0 saturated heterocycles. The van der Waals surface area contributed by atoms with Crippen LogP contribution in [0.4, 0.5) is 0 Å². The molecule has 0 bridgehead atoms. The van der Waals surface area contributed by atoms with Crippen LogP contribution in [0.25, 0.3) is 6.08 Å². The second-order valence-corrected chi connectivity index (χ2v) is 3.36. The maximum atomic E-state index is 11.3. The molecule has 1 atom stereocenters. The Bertz CT molecular complexity index is 398. The summed E-state index contributed by atoms with van der Waals surface area (Å²) in [6, 6.07) is 8.15. The first-order chi connectivity index (χ1) is 7.59. The van der Waals surface area contributed by atoms with Gasteiger partial charge in [0.25, 0.3) is 0 Å². The number of ketones is 1. The van der Waals surface area contributed by atoms with Gasteiger partial charge < -0.3 is 10.8 Å². The molecule has 0 unspecified atom stereocenters. The average molecular weight is 219 g/mol. The second kappa shape index (κ2) is 5.82. The number of carbonyl (C=O) groups excluding carboxylic acids is 1. The van der Waals surface area contributed by atoms with Crippen LogP contribution in [0.1, 0.15) is 12.0 Å². The molecule has 1 aromatic rings. The fourth-order valence-electron chi connectivity index (χ4n) is 1.13. The first-order valence-corrected chi connectivity index (χ1v) is 4.84. The highest BCUT2D eigenvalue weighted by atomic mass is 16.4. The Kier molecular flexibility index (Phi) is 4.42. The number of hydrogen-bond donors (Lipinski definition) is 2. The SMILES string of the molecule is N[C@H](CC(=O)C=Cc1ccccc1)C(=O)O. The normalized spacial score (nSPS) is 12.6. The van der Waals surface area contributed by atoms with Crippen molar-refractivity contribution >= 4 is 17.8 Å². The number of carboxylic acids is 1. The van der Waals surface area contributed by atoms with Gasteiger partial charge in [0.05, 0.1) is 0 Å². The second-order valence-electron chi connectivity index (χ2n) is 3.36. The fraction of sp³-hybridized carbons (Fsp3) is 0.167. The Balaban J connectivity index is 2.52. The Morgan fingerprint density at radius 1 is 1.31 bits per heavy atom. The molecule has 1 aromatic carbocycles. The predicted octanol–water partition coefficient (Wildman–Crippen LogP) is 1.07. The molecule has 84 valence electrons. The van der Waals surface area contributed by atoms with Gasteiger partial charge in [-0.05, 0) is 11.6 Å². The van der Waals surface area contributed by atoms with Gasteiger partial charge in [-0.3, -0.25) is 9.59 Å². The van der Waals surface area contributed by atoms with Crippen molar-refractivity contribution in [3.8, 4) is 0 Å². The summed E-state index contributed by atoms with van der Waals surface area (Å²) in [5.41, 5.74) is 6.12. The van der Waals surface area contributed by atoms with E-state index < -0.39 is 12.0 Å². The first kappa shape index (κ1) is 12.1. The van der Waals surface area contributed by atoms with E-state index in [0.717, 1.165) is 5.56 Å². The van der Waals surface area contributed by atoms with Crippen LogP contribution in [-0.4, -0.2) is 22.9 Å². The topological polar surface area (TPSA) is 80.4 Å². The van der Waals surface area contributed by atoms with Gasteiger partial charge in [-0.1, -0.05) is 36.4 Å². The first-order valence-electron chi connectivity index (χ1n) is 4.84. The number of rotatable bonds is 5. The molecule has 1 rings (SSSR count). The van der Waals surface area contributed by atoms with Crippen LogP contribution in [0, 0.1) is 0 Å². The largest absolute Gasteiger partial charge is 0.480 e. The van der Waals surface area contributed by atoms with E-state index in [1.54, 1.807) is 6.08 Å². The van der Waals surface area contributed by atoms with Crippen molar-refractivity contribution < 1.29 is 14.7 Å². The quantitative estimate of drug-likeness (QED) is 0.726. The molecule has 0 radical (unpaired) electrons. The van der Waals surface area contributed by atoms with Gasteiger partial charge in [0.2, 0.25) is 0 Å². The molecular formula is C12H13NO3.